The maximum absolute atomic E-state index is 12.4. The maximum atomic E-state index is 12.4. The molecule has 1 aromatic heterocycles. The highest BCUT2D eigenvalue weighted by Crippen LogP contribution is 2.29. The molecule has 0 saturated carbocycles. The first-order valence-electron chi connectivity index (χ1n) is 6.81. The van der Waals surface area contributed by atoms with Gasteiger partial charge in [0.15, 0.2) is 11.5 Å². The third kappa shape index (κ3) is 4.18. The number of ether oxygens (including phenoxy) is 2. The molecule has 0 spiro atoms. The molecule has 0 atom stereocenters. The molecule has 6 nitrogen and oxygen atoms in total. The van der Waals surface area contributed by atoms with E-state index in [0.717, 1.165) is 5.69 Å². The van der Waals surface area contributed by atoms with Crippen LogP contribution in [0.15, 0.2) is 24.3 Å². The van der Waals surface area contributed by atoms with Crippen LogP contribution < -0.4 is 14.8 Å². The van der Waals surface area contributed by atoms with Crippen molar-refractivity contribution in [3.05, 3.63) is 41.2 Å². The van der Waals surface area contributed by atoms with Crippen molar-refractivity contribution in [2.75, 3.05) is 7.11 Å². The number of carbonyl (C=O) groups is 1. The molecular weight excluding hydrogens is 308 g/mol. The molecule has 1 heterocycles. The van der Waals surface area contributed by atoms with Crippen LogP contribution in [0.3, 0.4) is 0 Å². The second-order valence-corrected chi connectivity index (χ2v) is 4.84. The molecule has 2 rings (SSSR count). The van der Waals surface area contributed by atoms with Gasteiger partial charge in [-0.05, 0) is 30.7 Å². The summed E-state index contributed by atoms with van der Waals surface area (Å²) in [5, 5.41) is 6.80. The van der Waals surface area contributed by atoms with Gasteiger partial charge in [0.1, 0.15) is 5.69 Å². The van der Waals surface area contributed by atoms with Crippen LogP contribution in [0.4, 0.5) is 8.78 Å². The van der Waals surface area contributed by atoms with E-state index in [0.29, 0.717) is 11.3 Å². The lowest BCUT2D eigenvalue weighted by Gasteiger charge is -2.12. The minimum Gasteiger partial charge on any atom is -0.493 e. The number of amides is 1. The summed E-state index contributed by atoms with van der Waals surface area (Å²) in [4.78, 5) is 12.1. The number of hydrogen-bond donors (Lipinski definition) is 1. The maximum Gasteiger partial charge on any atom is 0.387 e. The SMILES string of the molecule is COc1ccc(CNC(=O)c2cc(C)nn2C)cc1OC(F)F. The molecule has 0 fully saturated rings. The van der Waals surface area contributed by atoms with Crippen LogP contribution in [-0.2, 0) is 13.6 Å². The van der Waals surface area contributed by atoms with Crippen molar-refractivity contribution in [3.8, 4) is 11.5 Å². The number of carbonyl (C=O) groups excluding carboxylic acids is 1. The van der Waals surface area contributed by atoms with E-state index in [1.54, 1.807) is 26.1 Å². The monoisotopic (exact) mass is 325 g/mol. The van der Waals surface area contributed by atoms with E-state index >= 15 is 0 Å². The highest BCUT2D eigenvalue weighted by molar-refractivity contribution is 5.92. The second-order valence-electron chi connectivity index (χ2n) is 4.84. The molecule has 1 N–H and O–H groups in total. The highest BCUT2D eigenvalue weighted by Gasteiger charge is 2.14. The van der Waals surface area contributed by atoms with Gasteiger partial charge in [-0.2, -0.15) is 13.9 Å². The fourth-order valence-corrected chi connectivity index (χ4v) is 2.12. The van der Waals surface area contributed by atoms with Gasteiger partial charge in [-0.15, -0.1) is 0 Å². The molecule has 0 aliphatic rings. The van der Waals surface area contributed by atoms with Crippen molar-refractivity contribution < 1.29 is 23.0 Å². The lowest BCUT2D eigenvalue weighted by atomic mass is 10.2. The number of aromatic nitrogens is 2. The molecule has 2 aromatic rings. The summed E-state index contributed by atoms with van der Waals surface area (Å²) < 4.78 is 35.6. The van der Waals surface area contributed by atoms with Crippen LogP contribution in [0.1, 0.15) is 21.7 Å². The number of nitrogens with one attached hydrogen (secondary N) is 1. The summed E-state index contributed by atoms with van der Waals surface area (Å²) in [5.74, 6) is -0.187. The van der Waals surface area contributed by atoms with Crippen LogP contribution in [0.5, 0.6) is 11.5 Å². The number of nitrogens with zero attached hydrogens (tertiary/aromatic N) is 2. The van der Waals surface area contributed by atoms with E-state index in [1.807, 2.05) is 0 Å². The number of aryl methyl sites for hydroxylation is 2. The molecule has 0 unspecified atom stereocenters. The zero-order valence-corrected chi connectivity index (χ0v) is 13.0. The summed E-state index contributed by atoms with van der Waals surface area (Å²) in [5.41, 5.74) is 1.75. The largest absolute Gasteiger partial charge is 0.493 e. The lowest BCUT2D eigenvalue weighted by Crippen LogP contribution is -2.25. The van der Waals surface area contributed by atoms with E-state index < -0.39 is 6.61 Å². The molecule has 0 saturated heterocycles. The van der Waals surface area contributed by atoms with Gasteiger partial charge in [0.25, 0.3) is 5.91 Å². The Morgan fingerprint density at radius 3 is 2.65 bits per heavy atom. The Kier molecular flexibility index (Phi) is 5.15. The summed E-state index contributed by atoms with van der Waals surface area (Å²) in [6, 6.07) is 6.23. The van der Waals surface area contributed by atoms with Crippen molar-refractivity contribution in [3.63, 3.8) is 0 Å². The zero-order chi connectivity index (χ0) is 17.0. The fraction of sp³-hybridized carbons (Fsp3) is 0.333. The first-order chi connectivity index (χ1) is 10.9. The fourth-order valence-electron chi connectivity index (χ4n) is 2.12. The number of halogens is 2. The van der Waals surface area contributed by atoms with Gasteiger partial charge in [-0.25, -0.2) is 0 Å². The van der Waals surface area contributed by atoms with Crippen molar-refractivity contribution in [2.24, 2.45) is 7.05 Å². The van der Waals surface area contributed by atoms with Crippen molar-refractivity contribution in [1.29, 1.82) is 0 Å². The van der Waals surface area contributed by atoms with Gasteiger partial charge in [-0.3, -0.25) is 9.48 Å². The van der Waals surface area contributed by atoms with E-state index in [1.165, 1.54) is 23.9 Å². The molecule has 0 aliphatic heterocycles. The Balaban J connectivity index is 2.08. The van der Waals surface area contributed by atoms with E-state index in [9.17, 15) is 13.6 Å². The number of benzene rings is 1. The predicted octanol–water partition coefficient (Wildman–Crippen LogP) is 2.27. The van der Waals surface area contributed by atoms with Crippen LogP contribution in [0, 0.1) is 6.92 Å². The summed E-state index contributed by atoms with van der Waals surface area (Å²) >= 11 is 0. The first kappa shape index (κ1) is 16.7. The summed E-state index contributed by atoms with van der Waals surface area (Å²) in [7, 11) is 3.03. The Hall–Kier alpha value is -2.64. The Labute approximate surface area is 132 Å². The van der Waals surface area contributed by atoms with Crippen molar-refractivity contribution in [1.82, 2.24) is 15.1 Å². The molecule has 0 radical (unpaired) electrons. The van der Waals surface area contributed by atoms with Gasteiger partial charge >= 0.3 is 6.61 Å². The number of alkyl halides is 2. The van der Waals surface area contributed by atoms with E-state index in [2.05, 4.69) is 15.2 Å². The number of hydrogen-bond acceptors (Lipinski definition) is 4. The minimum atomic E-state index is -2.95. The van der Waals surface area contributed by atoms with Gasteiger partial charge in [0.05, 0.1) is 12.8 Å². The Morgan fingerprint density at radius 2 is 2.09 bits per heavy atom. The van der Waals surface area contributed by atoms with Gasteiger partial charge in [0, 0.05) is 13.6 Å². The van der Waals surface area contributed by atoms with Gasteiger partial charge < -0.3 is 14.8 Å². The minimum absolute atomic E-state index is 0.0781. The second kappa shape index (κ2) is 7.08. The van der Waals surface area contributed by atoms with Crippen LogP contribution in [-0.4, -0.2) is 29.4 Å². The predicted molar refractivity (Wildman–Crippen MR) is 78.7 cm³/mol. The smallest absolute Gasteiger partial charge is 0.387 e. The molecular formula is C15H17F2N3O3. The average molecular weight is 325 g/mol. The number of rotatable bonds is 6. The van der Waals surface area contributed by atoms with Crippen LogP contribution in [0.2, 0.25) is 0 Å². The highest BCUT2D eigenvalue weighted by atomic mass is 19.3. The standard InChI is InChI=1S/C15H17F2N3O3/c1-9-6-11(20(2)19-9)14(21)18-8-10-4-5-12(22-3)13(7-10)23-15(16)17/h4-7,15H,8H2,1-3H3,(H,18,21). The van der Waals surface area contributed by atoms with E-state index in [4.69, 9.17) is 4.74 Å². The van der Waals surface area contributed by atoms with Gasteiger partial charge in [0.2, 0.25) is 0 Å². The summed E-state index contributed by atoms with van der Waals surface area (Å²) in [6.07, 6.45) is 0. The zero-order valence-electron chi connectivity index (χ0n) is 13.0. The Bertz CT molecular complexity index is 701. The molecule has 124 valence electrons. The third-order valence-electron chi connectivity index (χ3n) is 3.13. The average Bonchev–Trinajstić information content (AvgIpc) is 2.83. The quantitative estimate of drug-likeness (QED) is 0.885. The van der Waals surface area contributed by atoms with Crippen LogP contribution >= 0.6 is 0 Å². The normalized spacial score (nSPS) is 10.7. The van der Waals surface area contributed by atoms with Crippen LogP contribution in [0.25, 0.3) is 0 Å². The summed E-state index contributed by atoms with van der Waals surface area (Å²) in [6.45, 7) is -1.01. The number of methoxy groups -OCH3 is 1. The molecule has 23 heavy (non-hydrogen) atoms. The topological polar surface area (TPSA) is 65.4 Å². The van der Waals surface area contributed by atoms with Crippen molar-refractivity contribution in [2.45, 2.75) is 20.1 Å². The molecule has 0 bridgehead atoms. The van der Waals surface area contributed by atoms with Crippen molar-refractivity contribution >= 4 is 5.91 Å². The molecule has 1 amide bonds. The molecule has 8 heteroatoms. The third-order valence-corrected chi connectivity index (χ3v) is 3.13. The molecule has 1 aromatic carbocycles. The van der Waals surface area contributed by atoms with E-state index in [-0.39, 0.29) is 24.0 Å². The lowest BCUT2D eigenvalue weighted by molar-refractivity contribution is -0.0512. The Morgan fingerprint density at radius 1 is 1.35 bits per heavy atom. The molecule has 0 aliphatic carbocycles. The van der Waals surface area contributed by atoms with Gasteiger partial charge in [-0.1, -0.05) is 6.07 Å². The first-order valence-corrected chi connectivity index (χ1v) is 6.81.